The van der Waals surface area contributed by atoms with Crippen LogP contribution >= 0.6 is 11.3 Å². The van der Waals surface area contributed by atoms with Crippen molar-refractivity contribution in [3.05, 3.63) is 52.2 Å². The topological polar surface area (TPSA) is 67.8 Å². The van der Waals surface area contributed by atoms with Gasteiger partial charge in [0, 0.05) is 4.88 Å². The van der Waals surface area contributed by atoms with Gasteiger partial charge >= 0.3 is 15.3 Å². The Bertz CT molecular complexity index is 891. The number of alkyl halides is 3. The molecular formula is C15H13F3N2O3S2. The summed E-state index contributed by atoms with van der Waals surface area (Å²) < 4.78 is 67.1. The van der Waals surface area contributed by atoms with Crippen LogP contribution in [0.25, 0.3) is 0 Å². The van der Waals surface area contributed by atoms with E-state index in [1.54, 1.807) is 41.8 Å². The second kappa shape index (κ2) is 6.03. The lowest BCUT2D eigenvalue weighted by molar-refractivity contribution is -0.0418. The number of benzene rings is 1. The van der Waals surface area contributed by atoms with Gasteiger partial charge in [-0.2, -0.15) is 13.2 Å². The molecule has 1 aromatic heterocycles. The summed E-state index contributed by atoms with van der Waals surface area (Å²) in [5.74, 6) is 0.572. The molecule has 1 unspecified atom stereocenters. The molecular weight excluding hydrogens is 377 g/mol. The Labute approximate surface area is 146 Å². The van der Waals surface area contributed by atoms with Crippen LogP contribution in [0.5, 0.6) is 5.75 Å². The Morgan fingerprint density at radius 2 is 1.92 bits per heavy atom. The fourth-order valence-corrected chi connectivity index (χ4v) is 4.20. The van der Waals surface area contributed by atoms with E-state index in [1.165, 1.54) is 18.4 Å². The number of nitrogens with one attached hydrogen (secondary N) is 1. The van der Waals surface area contributed by atoms with Crippen molar-refractivity contribution < 1.29 is 26.3 Å². The standard InChI is InChI=1S/C15H13F3N2O3S2/c1-23-11-6-4-10(5-7-11)14(12-3-2-8-24-12)9-19-13(20-14)25(21,22)15(16,17)18/h2-8H,9H2,1H3,(H,19,20). The van der Waals surface area contributed by atoms with Crippen LogP contribution in [0, 0.1) is 0 Å². The highest BCUT2D eigenvalue weighted by atomic mass is 32.2. The lowest BCUT2D eigenvalue weighted by Gasteiger charge is -2.24. The molecule has 0 bridgehead atoms. The van der Waals surface area contributed by atoms with E-state index in [2.05, 4.69) is 10.3 Å². The first-order chi connectivity index (χ1) is 11.7. The maximum absolute atomic E-state index is 12.9. The third-order valence-corrected chi connectivity index (χ3v) is 6.22. The number of halogens is 3. The van der Waals surface area contributed by atoms with E-state index >= 15 is 0 Å². The first-order valence-corrected chi connectivity index (χ1v) is 9.40. The second-order valence-electron chi connectivity index (χ2n) is 5.29. The Morgan fingerprint density at radius 1 is 1.24 bits per heavy atom. The first kappa shape index (κ1) is 17.7. The molecule has 1 aromatic carbocycles. The fraction of sp³-hybridized carbons (Fsp3) is 0.267. The van der Waals surface area contributed by atoms with Gasteiger partial charge in [0.05, 0.1) is 13.7 Å². The van der Waals surface area contributed by atoms with Gasteiger partial charge in [0.1, 0.15) is 11.3 Å². The van der Waals surface area contributed by atoms with Crippen molar-refractivity contribution in [2.75, 3.05) is 13.7 Å². The molecule has 0 radical (unpaired) electrons. The minimum atomic E-state index is -5.54. The normalized spacial score (nSPS) is 20.9. The number of hydrogen-bond donors (Lipinski definition) is 1. The molecule has 0 saturated carbocycles. The van der Waals surface area contributed by atoms with Crippen molar-refractivity contribution in [1.82, 2.24) is 5.32 Å². The molecule has 1 aliphatic heterocycles. The SMILES string of the molecule is COc1ccc(C2(c3cccs3)CNC(S(=O)(=O)C(F)(F)F)=N2)cc1. The van der Waals surface area contributed by atoms with Gasteiger partial charge in [0.15, 0.2) is 0 Å². The number of hydrogen-bond acceptors (Lipinski definition) is 6. The highest BCUT2D eigenvalue weighted by molar-refractivity contribution is 8.07. The van der Waals surface area contributed by atoms with Crippen LogP contribution in [0.3, 0.4) is 0 Å². The maximum Gasteiger partial charge on any atom is 0.504 e. The third-order valence-electron chi connectivity index (χ3n) is 3.84. The van der Waals surface area contributed by atoms with Crippen LogP contribution in [-0.4, -0.2) is 32.7 Å². The van der Waals surface area contributed by atoms with Crippen LogP contribution in [0.1, 0.15) is 10.4 Å². The molecule has 5 nitrogen and oxygen atoms in total. The number of nitrogens with zero attached hydrogens (tertiary/aromatic N) is 1. The zero-order chi connectivity index (χ0) is 18.3. The summed E-state index contributed by atoms with van der Waals surface area (Å²) in [5, 5.41) is 3.02. The van der Waals surface area contributed by atoms with Gasteiger partial charge in [-0.1, -0.05) is 18.2 Å². The zero-order valence-electron chi connectivity index (χ0n) is 12.9. The quantitative estimate of drug-likeness (QED) is 0.875. The van der Waals surface area contributed by atoms with Crippen molar-refractivity contribution in [2.45, 2.75) is 11.0 Å². The number of sulfone groups is 1. The molecule has 3 rings (SSSR count). The summed E-state index contributed by atoms with van der Waals surface area (Å²) in [6.45, 7) is -0.0928. The maximum atomic E-state index is 12.9. The predicted molar refractivity (Wildman–Crippen MR) is 88.5 cm³/mol. The number of aliphatic imine (C=N–C) groups is 1. The molecule has 2 heterocycles. The number of thiophene rings is 1. The minimum Gasteiger partial charge on any atom is -0.497 e. The van der Waals surface area contributed by atoms with E-state index < -0.39 is 26.1 Å². The average Bonchev–Trinajstić information content (AvgIpc) is 3.24. The van der Waals surface area contributed by atoms with Crippen LogP contribution in [0.2, 0.25) is 0 Å². The molecule has 1 atom stereocenters. The summed E-state index contributed by atoms with van der Waals surface area (Å²) in [4.78, 5) is 4.63. The monoisotopic (exact) mass is 390 g/mol. The Kier molecular flexibility index (Phi) is 4.28. The van der Waals surface area contributed by atoms with Gasteiger partial charge in [0.25, 0.3) is 0 Å². The molecule has 1 N–H and O–H groups in total. The van der Waals surface area contributed by atoms with Gasteiger partial charge in [-0.3, -0.25) is 0 Å². The fourth-order valence-electron chi connectivity index (χ4n) is 2.55. The van der Waals surface area contributed by atoms with Crippen molar-refractivity contribution in [1.29, 1.82) is 0 Å². The van der Waals surface area contributed by atoms with Crippen LogP contribution in [0.15, 0.2) is 46.8 Å². The third kappa shape index (κ3) is 2.89. The molecule has 10 heteroatoms. The van der Waals surface area contributed by atoms with Crippen molar-refractivity contribution in [3.8, 4) is 5.75 Å². The van der Waals surface area contributed by atoms with Gasteiger partial charge in [-0.25, -0.2) is 13.4 Å². The summed E-state index contributed by atoms with van der Waals surface area (Å²) >= 11 is 1.29. The zero-order valence-corrected chi connectivity index (χ0v) is 14.5. The van der Waals surface area contributed by atoms with Crippen molar-refractivity contribution in [2.24, 2.45) is 4.99 Å². The lowest BCUT2D eigenvalue weighted by Crippen LogP contribution is -2.38. The van der Waals surface area contributed by atoms with E-state index in [1.807, 2.05) is 0 Å². The molecule has 0 spiro atoms. The molecule has 1 aliphatic rings. The molecule has 0 aliphatic carbocycles. The van der Waals surface area contributed by atoms with E-state index in [0.29, 0.717) is 16.2 Å². The largest absolute Gasteiger partial charge is 0.504 e. The summed E-state index contributed by atoms with van der Waals surface area (Å²) in [7, 11) is -4.05. The lowest BCUT2D eigenvalue weighted by atomic mass is 9.89. The second-order valence-corrected chi connectivity index (χ2v) is 8.09. The number of methoxy groups -OCH3 is 1. The van der Waals surface area contributed by atoms with Gasteiger partial charge < -0.3 is 10.1 Å². The van der Waals surface area contributed by atoms with Crippen molar-refractivity contribution >= 4 is 26.3 Å². The molecule has 0 amide bonds. The van der Waals surface area contributed by atoms with Crippen LogP contribution in [-0.2, 0) is 15.4 Å². The number of ether oxygens (including phenoxy) is 1. The Hall–Kier alpha value is -2.07. The molecule has 2 aromatic rings. The van der Waals surface area contributed by atoms with Crippen LogP contribution < -0.4 is 10.1 Å². The summed E-state index contributed by atoms with van der Waals surface area (Å²) in [5.41, 5.74) is -6.09. The van der Waals surface area contributed by atoms with Gasteiger partial charge in [-0.15, -0.1) is 11.3 Å². The van der Waals surface area contributed by atoms with E-state index in [-0.39, 0.29) is 6.54 Å². The molecule has 25 heavy (non-hydrogen) atoms. The first-order valence-electron chi connectivity index (χ1n) is 7.04. The predicted octanol–water partition coefficient (Wildman–Crippen LogP) is 2.89. The molecule has 0 fully saturated rings. The van der Waals surface area contributed by atoms with Crippen LogP contribution in [0.4, 0.5) is 13.2 Å². The molecule has 134 valence electrons. The smallest absolute Gasteiger partial charge is 0.497 e. The Morgan fingerprint density at radius 3 is 2.44 bits per heavy atom. The average molecular weight is 390 g/mol. The summed E-state index contributed by atoms with van der Waals surface area (Å²) in [6.07, 6.45) is 0. The Balaban J connectivity index is 2.15. The van der Waals surface area contributed by atoms with Gasteiger partial charge in [-0.05, 0) is 29.1 Å². The van der Waals surface area contributed by atoms with E-state index in [4.69, 9.17) is 4.74 Å². The van der Waals surface area contributed by atoms with E-state index in [9.17, 15) is 21.6 Å². The summed E-state index contributed by atoms with van der Waals surface area (Å²) in [6, 6.07) is 10.1. The van der Waals surface area contributed by atoms with Crippen molar-refractivity contribution in [3.63, 3.8) is 0 Å². The highest BCUT2D eigenvalue weighted by Gasteiger charge is 2.53. The molecule has 0 saturated heterocycles. The highest BCUT2D eigenvalue weighted by Crippen LogP contribution is 2.40. The van der Waals surface area contributed by atoms with E-state index in [0.717, 1.165) is 0 Å². The number of amidine groups is 1. The minimum absolute atomic E-state index is 0.0928. The number of rotatable bonds is 3. The van der Waals surface area contributed by atoms with Gasteiger partial charge in [0.2, 0.25) is 5.17 Å².